The molecule has 1 aromatic rings. The van der Waals surface area contributed by atoms with E-state index >= 15 is 0 Å². The molecule has 1 aliphatic heterocycles. The van der Waals surface area contributed by atoms with Gasteiger partial charge < -0.3 is 10.5 Å². The van der Waals surface area contributed by atoms with E-state index in [0.29, 0.717) is 25.5 Å². The predicted octanol–water partition coefficient (Wildman–Crippen LogP) is 2.69. The Hall–Kier alpha value is -1.42. The van der Waals surface area contributed by atoms with Crippen molar-refractivity contribution in [2.45, 2.75) is 38.5 Å². The molecule has 7 nitrogen and oxygen atoms in total. The molecule has 162 valence electrons. The van der Waals surface area contributed by atoms with Crippen LogP contribution in [0.25, 0.3) is 0 Å². The summed E-state index contributed by atoms with van der Waals surface area (Å²) in [6, 6.07) is 2.13. The third kappa shape index (κ3) is 5.59. The molecule has 1 saturated carbocycles. The molecule has 10 heteroatoms. The topological polar surface area (TPSA) is 102 Å². The number of halogens is 2. The number of carbonyl (C=O) groups excluding carboxylic acids is 1. The van der Waals surface area contributed by atoms with Gasteiger partial charge in [-0.25, -0.2) is 9.11 Å². The molecule has 2 aliphatic rings. The molecule has 1 aromatic carbocycles. The number of nitrogens with zero attached hydrogens (tertiary/aromatic N) is 1. The quantitative estimate of drug-likeness (QED) is 0.669. The molecule has 0 bridgehead atoms. The maximum Gasteiger partial charge on any atom is 0.304 e. The average molecular weight is 448 g/mol. The summed E-state index contributed by atoms with van der Waals surface area (Å²) >= 11 is 6.14. The lowest BCUT2D eigenvalue weighted by atomic mass is 10.0. The van der Waals surface area contributed by atoms with E-state index in [4.69, 9.17) is 22.1 Å². The Bertz CT molecular complexity index is 846. The Balaban J connectivity index is 1.67. The number of amides is 1. The van der Waals surface area contributed by atoms with Gasteiger partial charge in [0.05, 0.1) is 17.2 Å². The molecule has 0 spiro atoms. The van der Waals surface area contributed by atoms with E-state index in [1.165, 1.54) is 4.31 Å². The van der Waals surface area contributed by atoms with Crippen molar-refractivity contribution in [1.82, 2.24) is 9.03 Å². The molecule has 0 aromatic heterocycles. The Morgan fingerprint density at radius 3 is 2.62 bits per heavy atom. The van der Waals surface area contributed by atoms with Crippen LogP contribution in [0.1, 0.15) is 48.9 Å². The number of carbonyl (C=O) groups is 1. The molecule has 29 heavy (non-hydrogen) atoms. The van der Waals surface area contributed by atoms with Crippen molar-refractivity contribution in [3.63, 3.8) is 0 Å². The van der Waals surface area contributed by atoms with Crippen molar-refractivity contribution in [3.8, 4) is 5.75 Å². The summed E-state index contributed by atoms with van der Waals surface area (Å²) in [5, 5.41) is 0.0631. The maximum absolute atomic E-state index is 14.5. The monoisotopic (exact) mass is 447 g/mol. The molecule has 1 amide bonds. The van der Waals surface area contributed by atoms with Crippen LogP contribution >= 0.6 is 11.6 Å². The summed E-state index contributed by atoms with van der Waals surface area (Å²) < 4.78 is 48.2. The Kier molecular flexibility index (Phi) is 7.37. The van der Waals surface area contributed by atoms with Crippen LogP contribution in [0.3, 0.4) is 0 Å². The number of benzene rings is 1. The van der Waals surface area contributed by atoms with Gasteiger partial charge in [-0.1, -0.05) is 24.4 Å². The molecular formula is C19H27ClFN3O4S. The highest BCUT2D eigenvalue weighted by molar-refractivity contribution is 7.87. The zero-order chi connectivity index (χ0) is 21.0. The molecule has 1 aliphatic carbocycles. The van der Waals surface area contributed by atoms with Gasteiger partial charge in [0.25, 0.3) is 5.91 Å². The average Bonchev–Trinajstić information content (AvgIpc) is 3.21. The summed E-state index contributed by atoms with van der Waals surface area (Å²) in [6.07, 6.45) is 5.95. The summed E-state index contributed by atoms with van der Waals surface area (Å²) in [4.78, 5) is 12.4. The second-order valence-corrected chi connectivity index (χ2v) is 9.84. The SMILES string of the molecule is NCC1CCCN(S(=O)(=O)NC(=O)c2cc(Cl)c(OCC3CCCC3)cc2F)C1. The smallest absolute Gasteiger partial charge is 0.304 e. The second kappa shape index (κ2) is 9.59. The van der Waals surface area contributed by atoms with Crippen molar-refractivity contribution in [1.29, 1.82) is 0 Å². The first-order valence-electron chi connectivity index (χ1n) is 9.94. The van der Waals surface area contributed by atoms with Gasteiger partial charge in [-0.3, -0.25) is 4.79 Å². The normalized spacial score (nSPS) is 21.3. The predicted molar refractivity (Wildman–Crippen MR) is 109 cm³/mol. The molecule has 1 heterocycles. The van der Waals surface area contributed by atoms with E-state index < -0.39 is 27.5 Å². The Labute approximate surface area is 175 Å². The van der Waals surface area contributed by atoms with Crippen LogP contribution in [0.5, 0.6) is 5.75 Å². The fourth-order valence-electron chi connectivity index (χ4n) is 3.87. The van der Waals surface area contributed by atoms with E-state index in [9.17, 15) is 17.6 Å². The van der Waals surface area contributed by atoms with Crippen LogP contribution < -0.4 is 15.2 Å². The van der Waals surface area contributed by atoms with Gasteiger partial charge in [0.2, 0.25) is 0 Å². The van der Waals surface area contributed by atoms with Crippen molar-refractivity contribution in [2.24, 2.45) is 17.6 Å². The third-order valence-corrected chi connectivity index (χ3v) is 7.34. The zero-order valence-electron chi connectivity index (χ0n) is 16.2. The summed E-state index contributed by atoms with van der Waals surface area (Å²) in [6.45, 7) is 1.33. The number of hydrogen-bond donors (Lipinski definition) is 2. The third-order valence-electron chi connectivity index (χ3n) is 5.59. The highest BCUT2D eigenvalue weighted by atomic mass is 35.5. The van der Waals surface area contributed by atoms with Crippen LogP contribution in [0.4, 0.5) is 4.39 Å². The van der Waals surface area contributed by atoms with E-state index in [1.807, 2.05) is 4.72 Å². The van der Waals surface area contributed by atoms with Gasteiger partial charge in [-0.05, 0) is 50.1 Å². The Morgan fingerprint density at radius 1 is 1.24 bits per heavy atom. The van der Waals surface area contributed by atoms with Crippen molar-refractivity contribution in [2.75, 3.05) is 26.2 Å². The van der Waals surface area contributed by atoms with Crippen LogP contribution in [0.15, 0.2) is 12.1 Å². The fourth-order valence-corrected chi connectivity index (χ4v) is 5.34. The minimum atomic E-state index is -4.10. The van der Waals surface area contributed by atoms with Crippen LogP contribution in [0, 0.1) is 17.7 Å². The van der Waals surface area contributed by atoms with Gasteiger partial charge in [0.1, 0.15) is 11.6 Å². The molecule has 3 rings (SSSR count). The van der Waals surface area contributed by atoms with Crippen molar-refractivity contribution < 1.29 is 22.3 Å². The first-order valence-corrected chi connectivity index (χ1v) is 11.8. The second-order valence-electron chi connectivity index (χ2n) is 7.76. The number of piperidine rings is 1. The highest BCUT2D eigenvalue weighted by Gasteiger charge is 2.31. The molecule has 0 radical (unpaired) electrons. The number of nitrogens with one attached hydrogen (secondary N) is 1. The lowest BCUT2D eigenvalue weighted by molar-refractivity contribution is 0.0974. The lowest BCUT2D eigenvalue weighted by Crippen LogP contribution is -2.48. The standard InChI is InChI=1S/C19H27ClFN3O4S/c20-16-8-15(17(21)9-18(16)28-12-13-4-1-2-5-13)19(25)23-29(26,27)24-7-3-6-14(10-22)11-24/h8-9,13-14H,1-7,10-12,22H2,(H,23,25). The van der Waals surface area contributed by atoms with Gasteiger partial charge in [0.15, 0.2) is 0 Å². The molecular weight excluding hydrogens is 421 g/mol. The van der Waals surface area contributed by atoms with Gasteiger partial charge in [-0.2, -0.15) is 12.7 Å². The van der Waals surface area contributed by atoms with Crippen LogP contribution in [0.2, 0.25) is 5.02 Å². The van der Waals surface area contributed by atoms with Crippen LogP contribution in [-0.4, -0.2) is 44.9 Å². The first kappa shape index (κ1) is 22.3. The molecule has 2 fully saturated rings. The van der Waals surface area contributed by atoms with Crippen molar-refractivity contribution >= 4 is 27.7 Å². The number of nitrogens with two attached hydrogens (primary N) is 1. The van der Waals surface area contributed by atoms with Gasteiger partial charge in [0, 0.05) is 19.2 Å². The van der Waals surface area contributed by atoms with E-state index in [2.05, 4.69) is 0 Å². The molecule has 3 N–H and O–H groups in total. The number of hydrogen-bond acceptors (Lipinski definition) is 5. The number of ether oxygens (including phenoxy) is 1. The lowest BCUT2D eigenvalue weighted by Gasteiger charge is -2.31. The zero-order valence-corrected chi connectivity index (χ0v) is 17.8. The minimum absolute atomic E-state index is 0.0397. The van der Waals surface area contributed by atoms with Gasteiger partial charge >= 0.3 is 10.2 Å². The van der Waals surface area contributed by atoms with Gasteiger partial charge in [-0.15, -0.1) is 0 Å². The minimum Gasteiger partial charge on any atom is -0.492 e. The van der Waals surface area contributed by atoms with Crippen molar-refractivity contribution in [3.05, 3.63) is 28.5 Å². The highest BCUT2D eigenvalue weighted by Crippen LogP contribution is 2.31. The summed E-state index contributed by atoms with van der Waals surface area (Å²) in [7, 11) is -4.10. The summed E-state index contributed by atoms with van der Waals surface area (Å²) in [5.41, 5.74) is 5.19. The van der Waals surface area contributed by atoms with Crippen LogP contribution in [-0.2, 0) is 10.2 Å². The fraction of sp³-hybridized carbons (Fsp3) is 0.632. The largest absolute Gasteiger partial charge is 0.492 e. The van der Waals surface area contributed by atoms with E-state index in [-0.39, 0.29) is 29.8 Å². The van der Waals surface area contributed by atoms with E-state index in [1.54, 1.807) is 0 Å². The molecule has 1 saturated heterocycles. The summed E-state index contributed by atoms with van der Waals surface area (Å²) in [5.74, 6) is -1.34. The molecule has 1 atom stereocenters. The first-order chi connectivity index (χ1) is 13.8. The maximum atomic E-state index is 14.5. The van der Waals surface area contributed by atoms with E-state index in [0.717, 1.165) is 44.2 Å². The Morgan fingerprint density at radius 2 is 1.93 bits per heavy atom. The number of rotatable bonds is 7. The molecule has 1 unspecified atom stereocenters.